The van der Waals surface area contributed by atoms with E-state index < -0.39 is 15.0 Å². The van der Waals surface area contributed by atoms with Crippen LogP contribution in [-0.2, 0) is 20.8 Å². The number of rotatable bonds is 6. The molecule has 0 bridgehead atoms. The monoisotopic (exact) mass is 307 g/mol. The molecule has 0 aromatic carbocycles. The molecule has 0 saturated heterocycles. The highest BCUT2D eigenvalue weighted by Crippen LogP contribution is 2.18. The second-order valence-electron chi connectivity index (χ2n) is 4.78. The van der Waals surface area contributed by atoms with E-state index in [1.54, 1.807) is 7.05 Å². The predicted molar refractivity (Wildman–Crippen MR) is 72.8 cm³/mol. The molecule has 1 rings (SSSR count). The topological polar surface area (TPSA) is 65.4 Å². The number of halogens is 1. The van der Waals surface area contributed by atoms with E-state index in [-0.39, 0.29) is 10.6 Å². The summed E-state index contributed by atoms with van der Waals surface area (Å²) in [4.78, 5) is 11.7. The molecule has 7 heteroatoms. The molecule has 0 fully saturated rings. The molecular formula is C12H18ClNO4S. The maximum Gasteiger partial charge on any atom is 0.354 e. The Morgan fingerprint density at radius 2 is 2.11 bits per heavy atom. The summed E-state index contributed by atoms with van der Waals surface area (Å²) in [6, 6.07) is 1.22. The number of aryl methyl sites for hydroxylation is 1. The zero-order valence-corrected chi connectivity index (χ0v) is 12.8. The van der Waals surface area contributed by atoms with Crippen LogP contribution in [0.5, 0.6) is 0 Å². The maximum atomic E-state index is 11.8. The van der Waals surface area contributed by atoms with Crippen molar-refractivity contribution in [2.75, 3.05) is 6.61 Å². The lowest BCUT2D eigenvalue weighted by Gasteiger charge is -2.06. The summed E-state index contributed by atoms with van der Waals surface area (Å²) in [5.74, 6) is 0.0135. The van der Waals surface area contributed by atoms with Crippen molar-refractivity contribution in [3.63, 3.8) is 0 Å². The summed E-state index contributed by atoms with van der Waals surface area (Å²) in [5.41, 5.74) is 0.170. The predicted octanol–water partition coefficient (Wildman–Crippen LogP) is 2.55. The molecule has 0 aliphatic carbocycles. The van der Waals surface area contributed by atoms with Gasteiger partial charge in [-0.1, -0.05) is 13.8 Å². The quantitative estimate of drug-likeness (QED) is 0.460. The van der Waals surface area contributed by atoms with E-state index in [0.717, 1.165) is 12.8 Å². The Morgan fingerprint density at radius 3 is 2.58 bits per heavy atom. The Hall–Kier alpha value is -1.01. The first-order valence-electron chi connectivity index (χ1n) is 6.00. The van der Waals surface area contributed by atoms with Crippen molar-refractivity contribution in [1.82, 2.24) is 4.57 Å². The van der Waals surface area contributed by atoms with Gasteiger partial charge in [0.05, 0.1) is 6.61 Å². The van der Waals surface area contributed by atoms with Gasteiger partial charge in [-0.15, -0.1) is 0 Å². The van der Waals surface area contributed by atoms with Crippen molar-refractivity contribution in [3.05, 3.63) is 18.0 Å². The Labute approximate surface area is 117 Å². The number of esters is 1. The lowest BCUT2D eigenvalue weighted by molar-refractivity contribution is 0.0483. The van der Waals surface area contributed by atoms with Crippen LogP contribution >= 0.6 is 10.7 Å². The summed E-state index contributed by atoms with van der Waals surface area (Å²) in [5, 5.41) is 0. The molecule has 0 aliphatic rings. The van der Waals surface area contributed by atoms with Gasteiger partial charge in [0.25, 0.3) is 9.05 Å². The van der Waals surface area contributed by atoms with Gasteiger partial charge in [-0.3, -0.25) is 0 Å². The molecule has 1 aromatic heterocycles. The average Bonchev–Trinajstić information content (AvgIpc) is 2.66. The van der Waals surface area contributed by atoms with E-state index in [9.17, 15) is 13.2 Å². The number of nitrogens with zero attached hydrogens (tertiary/aromatic N) is 1. The normalized spacial score (nSPS) is 11.8. The minimum absolute atomic E-state index is 0.106. The first-order valence-corrected chi connectivity index (χ1v) is 8.31. The molecule has 0 unspecified atom stereocenters. The molecule has 0 N–H and O–H groups in total. The van der Waals surface area contributed by atoms with Crippen LogP contribution in [0.4, 0.5) is 0 Å². The van der Waals surface area contributed by atoms with Gasteiger partial charge in [0, 0.05) is 23.9 Å². The van der Waals surface area contributed by atoms with Crippen LogP contribution in [0.15, 0.2) is 17.2 Å². The van der Waals surface area contributed by atoms with Crippen molar-refractivity contribution in [3.8, 4) is 0 Å². The van der Waals surface area contributed by atoms with Crippen LogP contribution in [0.2, 0.25) is 0 Å². The van der Waals surface area contributed by atoms with Crippen molar-refractivity contribution < 1.29 is 17.9 Å². The van der Waals surface area contributed by atoms with Gasteiger partial charge in [0.1, 0.15) is 10.6 Å². The summed E-state index contributed by atoms with van der Waals surface area (Å²) in [6.07, 6.45) is 3.04. The number of ether oxygens (including phenoxy) is 1. The fourth-order valence-electron chi connectivity index (χ4n) is 1.60. The molecule has 0 saturated carbocycles. The Balaban J connectivity index is 2.65. The number of hydrogen-bond acceptors (Lipinski definition) is 4. The van der Waals surface area contributed by atoms with Crippen molar-refractivity contribution in [2.45, 2.75) is 31.6 Å². The molecule has 108 valence electrons. The highest BCUT2D eigenvalue weighted by atomic mass is 35.7. The van der Waals surface area contributed by atoms with Crippen molar-refractivity contribution >= 4 is 25.7 Å². The van der Waals surface area contributed by atoms with Crippen LogP contribution in [0.25, 0.3) is 0 Å². The average molecular weight is 308 g/mol. The van der Waals surface area contributed by atoms with E-state index in [1.165, 1.54) is 16.8 Å². The van der Waals surface area contributed by atoms with Crippen LogP contribution in [-0.4, -0.2) is 25.6 Å². The third kappa shape index (κ3) is 4.87. The van der Waals surface area contributed by atoms with Gasteiger partial charge in [-0.25, -0.2) is 13.2 Å². The summed E-state index contributed by atoms with van der Waals surface area (Å²) >= 11 is 0. The van der Waals surface area contributed by atoms with Gasteiger partial charge < -0.3 is 9.30 Å². The number of aromatic nitrogens is 1. The van der Waals surface area contributed by atoms with Gasteiger partial charge in [0.2, 0.25) is 0 Å². The van der Waals surface area contributed by atoms with Crippen LogP contribution in [0.3, 0.4) is 0 Å². The largest absolute Gasteiger partial charge is 0.461 e. The lowest BCUT2D eigenvalue weighted by atomic mass is 10.1. The van der Waals surface area contributed by atoms with Crippen LogP contribution in [0.1, 0.15) is 37.2 Å². The first kappa shape index (κ1) is 16.0. The van der Waals surface area contributed by atoms with E-state index in [1.807, 2.05) is 0 Å². The zero-order chi connectivity index (χ0) is 14.6. The van der Waals surface area contributed by atoms with Gasteiger partial charge in [-0.05, 0) is 24.8 Å². The minimum atomic E-state index is -3.83. The maximum absolute atomic E-state index is 11.8. The van der Waals surface area contributed by atoms with Crippen molar-refractivity contribution in [1.29, 1.82) is 0 Å². The Bertz CT molecular complexity index is 548. The molecular weight excluding hydrogens is 290 g/mol. The van der Waals surface area contributed by atoms with Crippen LogP contribution in [0, 0.1) is 5.92 Å². The standard InChI is InChI=1S/C12H18ClNO4S/c1-9(2)5-4-6-18-12(15)11-7-10(8-14(11)3)19(13,16)17/h7-9H,4-6H2,1-3H3. The van der Waals surface area contributed by atoms with Gasteiger partial charge in [-0.2, -0.15) is 0 Å². The molecule has 0 atom stereocenters. The second kappa shape index (κ2) is 6.43. The van der Waals surface area contributed by atoms with E-state index >= 15 is 0 Å². The lowest BCUT2D eigenvalue weighted by Crippen LogP contribution is -2.10. The molecule has 0 amide bonds. The van der Waals surface area contributed by atoms with Crippen molar-refractivity contribution in [2.24, 2.45) is 13.0 Å². The third-order valence-corrected chi connectivity index (χ3v) is 3.95. The molecule has 0 aliphatic heterocycles. The molecule has 0 spiro atoms. The summed E-state index contributed by atoms with van der Waals surface area (Å²) < 4.78 is 28.8. The van der Waals surface area contributed by atoms with Gasteiger partial charge >= 0.3 is 5.97 Å². The second-order valence-corrected chi connectivity index (χ2v) is 7.35. The molecule has 5 nitrogen and oxygen atoms in total. The number of carbonyl (C=O) groups excluding carboxylic acids is 1. The Kier molecular flexibility index (Phi) is 5.43. The zero-order valence-electron chi connectivity index (χ0n) is 11.2. The highest BCUT2D eigenvalue weighted by Gasteiger charge is 2.19. The van der Waals surface area contributed by atoms with E-state index in [4.69, 9.17) is 15.4 Å². The Morgan fingerprint density at radius 1 is 1.47 bits per heavy atom. The van der Waals surface area contributed by atoms with Crippen LogP contribution < -0.4 is 0 Å². The fourth-order valence-corrected chi connectivity index (χ4v) is 2.39. The summed E-state index contributed by atoms with van der Waals surface area (Å²) in [6.45, 7) is 4.51. The third-order valence-electron chi connectivity index (χ3n) is 2.63. The SMILES string of the molecule is CC(C)CCCOC(=O)c1cc(S(=O)(=O)Cl)cn1C. The molecule has 0 radical (unpaired) electrons. The minimum Gasteiger partial charge on any atom is -0.461 e. The number of hydrogen-bond donors (Lipinski definition) is 0. The molecule has 19 heavy (non-hydrogen) atoms. The highest BCUT2D eigenvalue weighted by molar-refractivity contribution is 8.13. The van der Waals surface area contributed by atoms with E-state index in [0.29, 0.717) is 12.5 Å². The fraction of sp³-hybridized carbons (Fsp3) is 0.583. The van der Waals surface area contributed by atoms with Gasteiger partial charge in [0.15, 0.2) is 0 Å². The van der Waals surface area contributed by atoms with E-state index in [2.05, 4.69) is 13.8 Å². The molecule has 1 aromatic rings. The molecule has 1 heterocycles. The first-order chi connectivity index (χ1) is 8.71. The summed E-state index contributed by atoms with van der Waals surface area (Å²) in [7, 11) is 2.95. The number of carbonyl (C=O) groups is 1. The smallest absolute Gasteiger partial charge is 0.354 e.